The number of nitrogens with one attached hydrogen (secondary N) is 1. The van der Waals surface area contributed by atoms with Crippen LogP contribution in [0.25, 0.3) is 0 Å². The summed E-state index contributed by atoms with van der Waals surface area (Å²) in [6.45, 7) is 11.4. The lowest BCUT2D eigenvalue weighted by Gasteiger charge is -2.43. The maximum absolute atomic E-state index is 6.18. The van der Waals surface area contributed by atoms with Crippen molar-refractivity contribution in [1.29, 1.82) is 0 Å². The van der Waals surface area contributed by atoms with E-state index in [2.05, 4.69) is 44.8 Å². The summed E-state index contributed by atoms with van der Waals surface area (Å²) in [5.41, 5.74) is 0.220. The van der Waals surface area contributed by atoms with Crippen LogP contribution in [-0.4, -0.2) is 36.3 Å². The van der Waals surface area contributed by atoms with Crippen molar-refractivity contribution < 1.29 is 4.74 Å². The molecule has 0 bridgehead atoms. The minimum Gasteiger partial charge on any atom is -0.374 e. The van der Waals surface area contributed by atoms with Crippen LogP contribution in [0.15, 0.2) is 0 Å². The molecule has 4 atom stereocenters. The van der Waals surface area contributed by atoms with Gasteiger partial charge < -0.3 is 10.1 Å². The van der Waals surface area contributed by atoms with E-state index < -0.39 is 0 Å². The summed E-state index contributed by atoms with van der Waals surface area (Å²) in [4.78, 5) is 0. The van der Waals surface area contributed by atoms with Gasteiger partial charge in [-0.15, -0.1) is 0 Å². The molecule has 19 heavy (non-hydrogen) atoms. The molecule has 2 aliphatic rings. The lowest BCUT2D eigenvalue weighted by molar-refractivity contribution is -0.0890. The van der Waals surface area contributed by atoms with Gasteiger partial charge in [-0.05, 0) is 49.3 Å². The first-order valence-electron chi connectivity index (χ1n) is 8.03. The number of hydrogen-bond donors (Lipinski definition) is 1. The van der Waals surface area contributed by atoms with Crippen LogP contribution in [0.4, 0.5) is 0 Å². The minimum absolute atomic E-state index is 0.220. The molecule has 2 fully saturated rings. The second-order valence-electron chi connectivity index (χ2n) is 6.77. The number of ether oxygens (including phenoxy) is 1. The molecule has 1 spiro atoms. The van der Waals surface area contributed by atoms with E-state index in [0.717, 1.165) is 30.9 Å². The molecule has 0 saturated carbocycles. The van der Waals surface area contributed by atoms with Gasteiger partial charge in [-0.1, -0.05) is 27.7 Å². The summed E-state index contributed by atoms with van der Waals surface area (Å²) in [7, 11) is 0. The summed E-state index contributed by atoms with van der Waals surface area (Å²) in [6.07, 6.45) is 3.78. The van der Waals surface area contributed by atoms with Gasteiger partial charge in [0, 0.05) is 18.4 Å². The average Bonchev–Trinajstić information content (AvgIpc) is 2.83. The fourth-order valence-corrected chi connectivity index (χ4v) is 5.05. The van der Waals surface area contributed by atoms with Crippen molar-refractivity contribution in [2.75, 3.05) is 24.7 Å². The van der Waals surface area contributed by atoms with Gasteiger partial charge in [0.2, 0.25) is 0 Å². The standard InChI is InChI=1S/C16H31NOS/c1-5-17-15(13(4)12(2)3)14-6-8-18-16(10-14)7-9-19-11-16/h12-15,17H,5-11H2,1-4H3. The number of thioether (sulfide) groups is 1. The monoisotopic (exact) mass is 285 g/mol. The predicted octanol–water partition coefficient (Wildman–Crippen LogP) is 3.56. The summed E-state index contributed by atoms with van der Waals surface area (Å²) >= 11 is 2.08. The molecule has 2 aliphatic heterocycles. The number of rotatable bonds is 5. The molecule has 0 aromatic rings. The maximum atomic E-state index is 6.18. The fourth-order valence-electron chi connectivity index (χ4n) is 3.67. The predicted molar refractivity (Wildman–Crippen MR) is 84.8 cm³/mol. The summed E-state index contributed by atoms with van der Waals surface area (Å²) in [5.74, 6) is 4.80. The largest absolute Gasteiger partial charge is 0.374 e. The van der Waals surface area contributed by atoms with Crippen LogP contribution < -0.4 is 5.32 Å². The van der Waals surface area contributed by atoms with Gasteiger partial charge in [0.1, 0.15) is 0 Å². The second kappa shape index (κ2) is 6.82. The Balaban J connectivity index is 2.03. The average molecular weight is 285 g/mol. The van der Waals surface area contributed by atoms with E-state index in [1.54, 1.807) is 0 Å². The second-order valence-corrected chi connectivity index (χ2v) is 7.88. The molecule has 112 valence electrons. The Hall–Kier alpha value is 0.270. The van der Waals surface area contributed by atoms with Gasteiger partial charge in [0.25, 0.3) is 0 Å². The van der Waals surface area contributed by atoms with Crippen molar-refractivity contribution in [1.82, 2.24) is 5.32 Å². The quantitative estimate of drug-likeness (QED) is 0.834. The van der Waals surface area contributed by atoms with Crippen molar-refractivity contribution in [2.24, 2.45) is 17.8 Å². The zero-order valence-corrected chi connectivity index (χ0v) is 13.9. The Morgan fingerprint density at radius 1 is 1.37 bits per heavy atom. The SMILES string of the molecule is CCNC(C1CCOC2(CCSC2)C1)C(C)C(C)C. The van der Waals surface area contributed by atoms with Crippen LogP contribution in [-0.2, 0) is 4.74 Å². The van der Waals surface area contributed by atoms with E-state index in [1.807, 2.05) is 0 Å². The molecule has 0 amide bonds. The topological polar surface area (TPSA) is 21.3 Å². The van der Waals surface area contributed by atoms with Crippen LogP contribution in [0.1, 0.15) is 47.0 Å². The molecule has 1 N–H and O–H groups in total. The molecule has 2 nitrogen and oxygen atoms in total. The van der Waals surface area contributed by atoms with Crippen molar-refractivity contribution in [3.63, 3.8) is 0 Å². The van der Waals surface area contributed by atoms with Gasteiger partial charge in [-0.3, -0.25) is 0 Å². The van der Waals surface area contributed by atoms with Crippen molar-refractivity contribution >= 4 is 11.8 Å². The highest BCUT2D eigenvalue weighted by molar-refractivity contribution is 7.99. The van der Waals surface area contributed by atoms with Gasteiger partial charge in [-0.25, -0.2) is 0 Å². The normalized spacial score (nSPS) is 34.9. The van der Waals surface area contributed by atoms with Crippen molar-refractivity contribution in [3.8, 4) is 0 Å². The number of hydrogen-bond acceptors (Lipinski definition) is 3. The Kier molecular flexibility index (Phi) is 5.62. The van der Waals surface area contributed by atoms with E-state index in [4.69, 9.17) is 4.74 Å². The minimum atomic E-state index is 0.220. The van der Waals surface area contributed by atoms with Crippen LogP contribution in [0.3, 0.4) is 0 Å². The molecule has 4 unspecified atom stereocenters. The summed E-state index contributed by atoms with van der Waals surface area (Å²) in [6, 6.07) is 0.663. The molecule has 0 radical (unpaired) electrons. The molecule has 3 heteroatoms. The first-order chi connectivity index (χ1) is 9.08. The Morgan fingerprint density at radius 2 is 2.16 bits per heavy atom. The molecule has 0 aromatic heterocycles. The van der Waals surface area contributed by atoms with Crippen molar-refractivity contribution in [2.45, 2.75) is 58.6 Å². The summed E-state index contributed by atoms with van der Waals surface area (Å²) in [5, 5.41) is 3.78. The Labute approximate surface area is 123 Å². The van der Waals surface area contributed by atoms with Gasteiger partial charge in [-0.2, -0.15) is 11.8 Å². The molecule has 0 aromatic carbocycles. The third-order valence-corrected chi connectivity index (χ3v) is 6.39. The zero-order chi connectivity index (χ0) is 13.9. The fraction of sp³-hybridized carbons (Fsp3) is 1.00. The molecule has 2 rings (SSSR count). The lowest BCUT2D eigenvalue weighted by Crippen LogP contribution is -2.50. The van der Waals surface area contributed by atoms with Crippen molar-refractivity contribution in [3.05, 3.63) is 0 Å². The molecule has 0 aliphatic carbocycles. The summed E-state index contributed by atoms with van der Waals surface area (Å²) < 4.78 is 6.18. The van der Waals surface area contributed by atoms with Gasteiger partial charge >= 0.3 is 0 Å². The smallest absolute Gasteiger partial charge is 0.0783 e. The van der Waals surface area contributed by atoms with Gasteiger partial charge in [0.05, 0.1) is 5.60 Å². The van der Waals surface area contributed by atoms with E-state index >= 15 is 0 Å². The molecule has 2 heterocycles. The Bertz CT molecular complexity index is 276. The van der Waals surface area contributed by atoms with Crippen LogP contribution >= 0.6 is 11.8 Å². The van der Waals surface area contributed by atoms with E-state index in [1.165, 1.54) is 30.8 Å². The third-order valence-electron chi connectivity index (χ3n) is 5.16. The highest BCUT2D eigenvalue weighted by atomic mass is 32.2. The van der Waals surface area contributed by atoms with E-state index in [0.29, 0.717) is 6.04 Å². The molecular formula is C16H31NOS. The van der Waals surface area contributed by atoms with Crippen LogP contribution in [0.5, 0.6) is 0 Å². The molecule has 2 saturated heterocycles. The van der Waals surface area contributed by atoms with E-state index in [-0.39, 0.29) is 5.60 Å². The highest BCUT2D eigenvalue weighted by Gasteiger charge is 2.43. The van der Waals surface area contributed by atoms with E-state index in [9.17, 15) is 0 Å². The maximum Gasteiger partial charge on any atom is 0.0783 e. The third kappa shape index (κ3) is 3.68. The van der Waals surface area contributed by atoms with Crippen LogP contribution in [0, 0.1) is 17.8 Å². The first kappa shape index (κ1) is 15.7. The first-order valence-corrected chi connectivity index (χ1v) is 9.18. The van der Waals surface area contributed by atoms with Crippen LogP contribution in [0.2, 0.25) is 0 Å². The lowest BCUT2D eigenvalue weighted by atomic mass is 9.74. The van der Waals surface area contributed by atoms with Gasteiger partial charge in [0.15, 0.2) is 0 Å². The highest BCUT2D eigenvalue weighted by Crippen LogP contribution is 2.42. The Morgan fingerprint density at radius 3 is 2.74 bits per heavy atom. The zero-order valence-electron chi connectivity index (χ0n) is 13.1. The molecular weight excluding hydrogens is 254 g/mol.